The van der Waals surface area contributed by atoms with Gasteiger partial charge in [-0.1, -0.05) is 35.3 Å². The Bertz CT molecular complexity index is 640. The van der Waals surface area contributed by atoms with Crippen molar-refractivity contribution in [2.45, 2.75) is 0 Å². The van der Waals surface area contributed by atoms with Crippen LogP contribution in [0.2, 0.25) is 9.36 Å². The van der Waals surface area contributed by atoms with E-state index in [1.807, 2.05) is 0 Å². The molecule has 0 radical (unpaired) electrons. The molecular formula is C11H5Cl2N2O3S-. The summed E-state index contributed by atoms with van der Waals surface area (Å²) in [6, 6.07) is 5.51. The number of carbonyl (C=O) groups excluding carboxylic acids is 2. The van der Waals surface area contributed by atoms with Gasteiger partial charge in [0.25, 0.3) is 5.91 Å². The van der Waals surface area contributed by atoms with E-state index in [2.05, 4.69) is 9.69 Å². The molecule has 1 aromatic carbocycles. The number of nitrogens with zero attached hydrogens (tertiary/aromatic N) is 1. The number of nitrogens with one attached hydrogen (secondary N) is 1. The fourth-order valence-electron chi connectivity index (χ4n) is 1.28. The van der Waals surface area contributed by atoms with Crippen LogP contribution >= 0.6 is 34.7 Å². The van der Waals surface area contributed by atoms with Gasteiger partial charge < -0.3 is 15.2 Å². The summed E-state index contributed by atoms with van der Waals surface area (Å²) in [4.78, 5) is 22.4. The van der Waals surface area contributed by atoms with Gasteiger partial charge in [0.05, 0.1) is 5.97 Å². The number of hydrogen-bond acceptors (Lipinski definition) is 5. The van der Waals surface area contributed by atoms with Crippen LogP contribution in [0.4, 0.5) is 5.69 Å². The molecule has 8 heteroatoms. The number of halogens is 2. The van der Waals surface area contributed by atoms with Crippen molar-refractivity contribution in [2.75, 3.05) is 5.32 Å². The number of aromatic nitrogens is 1. The SMILES string of the molecule is O=C([O-])c1ccc(NC(=O)c2nsc(Cl)c2Cl)cc1. The summed E-state index contributed by atoms with van der Waals surface area (Å²) in [5, 5.41) is 13.2. The summed E-state index contributed by atoms with van der Waals surface area (Å²) in [6.45, 7) is 0. The average Bonchev–Trinajstić information content (AvgIpc) is 2.70. The minimum atomic E-state index is -1.28. The highest BCUT2D eigenvalue weighted by Crippen LogP contribution is 2.29. The molecule has 0 saturated carbocycles. The van der Waals surface area contributed by atoms with Crippen molar-refractivity contribution in [3.63, 3.8) is 0 Å². The zero-order chi connectivity index (χ0) is 14.0. The summed E-state index contributed by atoms with van der Waals surface area (Å²) >= 11 is 12.4. The van der Waals surface area contributed by atoms with Gasteiger partial charge in [-0.3, -0.25) is 4.79 Å². The smallest absolute Gasteiger partial charge is 0.276 e. The molecule has 0 spiro atoms. The van der Waals surface area contributed by atoms with Crippen molar-refractivity contribution in [3.8, 4) is 0 Å². The van der Waals surface area contributed by atoms with E-state index in [0.29, 0.717) is 5.69 Å². The first-order chi connectivity index (χ1) is 8.99. The highest BCUT2D eigenvalue weighted by atomic mass is 35.5. The Morgan fingerprint density at radius 2 is 1.84 bits per heavy atom. The number of carbonyl (C=O) groups is 2. The maximum absolute atomic E-state index is 11.8. The number of carboxylic acid groups (broad SMARTS) is 1. The summed E-state index contributed by atoms with van der Waals surface area (Å²) in [5.41, 5.74) is 0.462. The van der Waals surface area contributed by atoms with Crippen molar-refractivity contribution >= 4 is 52.3 Å². The Morgan fingerprint density at radius 3 is 2.32 bits per heavy atom. The maximum Gasteiger partial charge on any atom is 0.276 e. The Morgan fingerprint density at radius 1 is 1.21 bits per heavy atom. The molecule has 19 heavy (non-hydrogen) atoms. The van der Waals surface area contributed by atoms with Crippen molar-refractivity contribution in [1.82, 2.24) is 4.37 Å². The second-order valence-corrected chi connectivity index (χ2v) is 5.19. The van der Waals surface area contributed by atoms with E-state index in [-0.39, 0.29) is 20.6 Å². The van der Waals surface area contributed by atoms with E-state index in [9.17, 15) is 14.7 Å². The molecule has 1 amide bonds. The molecule has 1 heterocycles. The van der Waals surface area contributed by atoms with Crippen molar-refractivity contribution in [3.05, 3.63) is 44.9 Å². The Hall–Kier alpha value is -1.63. The molecule has 2 aromatic rings. The van der Waals surface area contributed by atoms with Crippen molar-refractivity contribution < 1.29 is 14.7 Å². The topological polar surface area (TPSA) is 82.1 Å². The van der Waals surface area contributed by atoms with E-state index in [4.69, 9.17) is 23.2 Å². The molecule has 2 rings (SSSR count). The first kappa shape index (κ1) is 13.8. The molecule has 1 N–H and O–H groups in total. The number of aromatic carboxylic acids is 1. The largest absolute Gasteiger partial charge is 0.545 e. The number of anilines is 1. The van der Waals surface area contributed by atoms with E-state index >= 15 is 0 Å². The van der Waals surface area contributed by atoms with Gasteiger partial charge in [0.2, 0.25) is 0 Å². The molecular weight excluding hydrogens is 311 g/mol. The lowest BCUT2D eigenvalue weighted by Gasteiger charge is -2.06. The number of carboxylic acids is 1. The van der Waals surface area contributed by atoms with Crippen LogP contribution in [-0.2, 0) is 0 Å². The summed E-state index contributed by atoms with van der Waals surface area (Å²) in [6.07, 6.45) is 0. The molecule has 0 aliphatic heterocycles. The zero-order valence-corrected chi connectivity index (χ0v) is 11.5. The summed E-state index contributed by atoms with van der Waals surface area (Å²) < 4.78 is 4.05. The van der Waals surface area contributed by atoms with Crippen LogP contribution in [0, 0.1) is 0 Å². The van der Waals surface area contributed by atoms with Gasteiger partial charge in [-0.15, -0.1) is 0 Å². The Labute approximate surface area is 121 Å². The highest BCUT2D eigenvalue weighted by Gasteiger charge is 2.17. The van der Waals surface area contributed by atoms with Crippen LogP contribution in [0.5, 0.6) is 0 Å². The highest BCUT2D eigenvalue weighted by molar-refractivity contribution is 7.11. The monoisotopic (exact) mass is 315 g/mol. The minimum Gasteiger partial charge on any atom is -0.545 e. The van der Waals surface area contributed by atoms with Crippen LogP contribution < -0.4 is 10.4 Å². The third kappa shape index (κ3) is 3.04. The van der Waals surface area contributed by atoms with Crippen LogP contribution in [0.1, 0.15) is 20.8 Å². The first-order valence-corrected chi connectivity index (χ1v) is 6.45. The van der Waals surface area contributed by atoms with Gasteiger partial charge in [-0.05, 0) is 29.2 Å². The Kier molecular flexibility index (Phi) is 4.04. The predicted molar refractivity (Wildman–Crippen MR) is 70.9 cm³/mol. The normalized spacial score (nSPS) is 10.2. The second kappa shape index (κ2) is 5.56. The fourth-order valence-corrected chi connectivity index (χ4v) is 2.28. The van der Waals surface area contributed by atoms with Crippen molar-refractivity contribution in [2.24, 2.45) is 0 Å². The molecule has 0 fully saturated rings. The number of hydrogen-bond donors (Lipinski definition) is 1. The standard InChI is InChI=1S/C11H6Cl2N2O3S/c12-7-8(15-19-9(7)13)10(16)14-6-3-1-5(2-4-6)11(17)18/h1-4H,(H,14,16)(H,17,18)/p-1. The predicted octanol–water partition coefficient (Wildman–Crippen LogP) is 2.07. The van der Waals surface area contributed by atoms with Gasteiger partial charge in [-0.25, -0.2) is 0 Å². The fraction of sp³-hybridized carbons (Fsp3) is 0. The average molecular weight is 316 g/mol. The summed E-state index contributed by atoms with van der Waals surface area (Å²) in [7, 11) is 0. The second-order valence-electron chi connectivity index (χ2n) is 3.44. The van der Waals surface area contributed by atoms with Crippen LogP contribution in [0.3, 0.4) is 0 Å². The lowest BCUT2D eigenvalue weighted by atomic mass is 10.2. The van der Waals surface area contributed by atoms with Crippen LogP contribution in [0.15, 0.2) is 24.3 Å². The molecule has 0 unspecified atom stereocenters. The lowest BCUT2D eigenvalue weighted by Crippen LogP contribution is -2.22. The molecule has 98 valence electrons. The molecule has 0 aliphatic carbocycles. The van der Waals surface area contributed by atoms with Gasteiger partial charge in [0, 0.05) is 5.69 Å². The number of amides is 1. The van der Waals surface area contributed by atoms with Gasteiger partial charge >= 0.3 is 0 Å². The minimum absolute atomic E-state index is 0.0211. The van der Waals surface area contributed by atoms with Crippen LogP contribution in [0.25, 0.3) is 0 Å². The van der Waals surface area contributed by atoms with Gasteiger partial charge in [0.15, 0.2) is 5.69 Å². The molecule has 1 aromatic heterocycles. The van der Waals surface area contributed by atoms with E-state index in [1.165, 1.54) is 24.3 Å². The molecule has 5 nitrogen and oxygen atoms in total. The third-order valence-electron chi connectivity index (χ3n) is 2.19. The Balaban J connectivity index is 2.15. The van der Waals surface area contributed by atoms with E-state index in [0.717, 1.165) is 11.5 Å². The van der Waals surface area contributed by atoms with Crippen LogP contribution in [-0.4, -0.2) is 16.3 Å². The molecule has 0 saturated heterocycles. The van der Waals surface area contributed by atoms with E-state index in [1.54, 1.807) is 0 Å². The van der Waals surface area contributed by atoms with Gasteiger partial charge in [0.1, 0.15) is 9.36 Å². The lowest BCUT2D eigenvalue weighted by molar-refractivity contribution is -0.255. The van der Waals surface area contributed by atoms with Crippen molar-refractivity contribution in [1.29, 1.82) is 0 Å². The zero-order valence-electron chi connectivity index (χ0n) is 9.15. The van der Waals surface area contributed by atoms with E-state index < -0.39 is 11.9 Å². The quantitative estimate of drug-likeness (QED) is 0.940. The number of rotatable bonds is 3. The summed E-state index contributed by atoms with van der Waals surface area (Å²) in [5.74, 6) is -1.80. The number of benzene rings is 1. The van der Waals surface area contributed by atoms with Gasteiger partial charge in [-0.2, -0.15) is 4.37 Å². The molecule has 0 bridgehead atoms. The molecule has 0 aliphatic rings. The maximum atomic E-state index is 11.8. The first-order valence-electron chi connectivity index (χ1n) is 4.92. The third-order valence-corrected chi connectivity index (χ3v) is 3.80. The molecule has 0 atom stereocenters.